The van der Waals surface area contributed by atoms with Crippen LogP contribution in [-0.4, -0.2) is 10.7 Å². The smallest absolute Gasteiger partial charge is 0.254 e. The van der Waals surface area contributed by atoms with Crippen LogP contribution in [0.1, 0.15) is 24.0 Å². The van der Waals surface area contributed by atoms with E-state index in [1.54, 1.807) is 0 Å². The first-order valence-electron chi connectivity index (χ1n) is 6.68. The van der Waals surface area contributed by atoms with E-state index in [1.165, 1.54) is 0 Å². The Morgan fingerprint density at radius 3 is 2.36 bits per heavy atom. The molecule has 0 radical (unpaired) electrons. The van der Waals surface area contributed by atoms with Crippen molar-refractivity contribution in [1.82, 2.24) is 4.98 Å². The Hall–Kier alpha value is -2.44. The number of hydrogen-bond donors (Lipinski definition) is 1. The molecule has 1 aliphatic rings. The molecule has 0 saturated heterocycles. The molecule has 1 N–H and O–H groups in total. The first-order valence-corrected chi connectivity index (χ1v) is 6.68. The number of nitrogens with one attached hydrogen (secondary N) is 1. The minimum Gasteiger partial charge on any atom is -0.272 e. The van der Waals surface area contributed by atoms with E-state index in [0.29, 0.717) is 12.1 Å². The summed E-state index contributed by atoms with van der Waals surface area (Å²) < 4.78 is 53.1. The second-order valence-corrected chi connectivity index (χ2v) is 4.88. The Kier molecular flexibility index (Phi) is 3.79. The SMILES string of the molecule is Fc1nc(F)c(F)c(NN=C2CCCc3ccccc32)c1F. The Bertz CT molecular complexity index is 732. The van der Waals surface area contributed by atoms with Gasteiger partial charge in [-0.3, -0.25) is 5.43 Å². The lowest BCUT2D eigenvalue weighted by Gasteiger charge is -2.17. The summed E-state index contributed by atoms with van der Waals surface area (Å²) in [5, 5.41) is 3.92. The molecule has 1 heterocycles. The largest absolute Gasteiger partial charge is 0.272 e. The quantitative estimate of drug-likeness (QED) is 0.520. The van der Waals surface area contributed by atoms with E-state index in [4.69, 9.17) is 0 Å². The van der Waals surface area contributed by atoms with Gasteiger partial charge in [-0.1, -0.05) is 24.3 Å². The van der Waals surface area contributed by atoms with Gasteiger partial charge < -0.3 is 0 Å². The summed E-state index contributed by atoms with van der Waals surface area (Å²) in [6.45, 7) is 0. The van der Waals surface area contributed by atoms with E-state index in [2.05, 4.69) is 15.5 Å². The van der Waals surface area contributed by atoms with Crippen LogP contribution in [0.3, 0.4) is 0 Å². The van der Waals surface area contributed by atoms with Gasteiger partial charge in [-0.25, -0.2) is 0 Å². The van der Waals surface area contributed by atoms with Crippen molar-refractivity contribution in [2.24, 2.45) is 5.10 Å². The second kappa shape index (κ2) is 5.75. The molecule has 3 rings (SSSR count). The number of benzene rings is 1. The van der Waals surface area contributed by atoms with Gasteiger partial charge >= 0.3 is 0 Å². The van der Waals surface area contributed by atoms with E-state index in [0.717, 1.165) is 24.0 Å². The van der Waals surface area contributed by atoms with Crippen LogP contribution >= 0.6 is 0 Å². The van der Waals surface area contributed by atoms with Crippen molar-refractivity contribution in [3.05, 3.63) is 58.9 Å². The number of hydrogen-bond acceptors (Lipinski definition) is 3. The van der Waals surface area contributed by atoms with Crippen molar-refractivity contribution in [3.63, 3.8) is 0 Å². The average Bonchev–Trinajstić information content (AvgIpc) is 2.53. The van der Waals surface area contributed by atoms with Crippen molar-refractivity contribution < 1.29 is 17.6 Å². The van der Waals surface area contributed by atoms with Crippen LogP contribution in [0.15, 0.2) is 29.4 Å². The molecular formula is C15H11F4N3. The summed E-state index contributed by atoms with van der Waals surface area (Å²) in [4.78, 5) is 2.49. The number of anilines is 1. The number of rotatable bonds is 2. The molecule has 1 aliphatic carbocycles. The predicted molar refractivity (Wildman–Crippen MR) is 73.6 cm³/mol. The van der Waals surface area contributed by atoms with E-state index < -0.39 is 29.2 Å². The lowest BCUT2D eigenvalue weighted by atomic mass is 9.90. The van der Waals surface area contributed by atoms with E-state index in [1.807, 2.05) is 24.3 Å². The molecule has 2 aromatic rings. The molecule has 0 atom stereocenters. The Labute approximate surface area is 123 Å². The Morgan fingerprint density at radius 1 is 0.955 bits per heavy atom. The van der Waals surface area contributed by atoms with Gasteiger partial charge in [0.25, 0.3) is 11.9 Å². The van der Waals surface area contributed by atoms with Crippen LogP contribution in [0.4, 0.5) is 23.2 Å². The number of nitrogens with zero attached hydrogens (tertiary/aromatic N) is 2. The van der Waals surface area contributed by atoms with Crippen LogP contribution in [0.5, 0.6) is 0 Å². The minimum atomic E-state index is -1.72. The number of halogens is 4. The standard InChI is InChI=1S/C15H11F4N3/c16-11-13(12(17)15(19)20-14(11)18)22-21-10-7-3-5-8-4-1-2-6-9(8)10/h1-2,4,6H,3,5,7H2,(H,20,22). The van der Waals surface area contributed by atoms with Gasteiger partial charge in [0.2, 0.25) is 11.6 Å². The molecule has 7 heteroatoms. The summed E-state index contributed by atoms with van der Waals surface area (Å²) >= 11 is 0. The molecule has 0 fully saturated rings. The molecule has 22 heavy (non-hydrogen) atoms. The third-order valence-corrected chi connectivity index (χ3v) is 3.49. The fraction of sp³-hybridized carbons (Fsp3) is 0.200. The molecule has 0 spiro atoms. The molecule has 0 aliphatic heterocycles. The zero-order chi connectivity index (χ0) is 15.7. The highest BCUT2D eigenvalue weighted by molar-refractivity contribution is 6.03. The summed E-state index contributed by atoms with van der Waals surface area (Å²) in [6.07, 6.45) is 2.32. The van der Waals surface area contributed by atoms with E-state index in [-0.39, 0.29) is 0 Å². The van der Waals surface area contributed by atoms with E-state index >= 15 is 0 Å². The molecule has 3 nitrogen and oxygen atoms in total. The van der Waals surface area contributed by atoms with Crippen LogP contribution < -0.4 is 5.43 Å². The number of hydrazone groups is 1. The lowest BCUT2D eigenvalue weighted by molar-refractivity contribution is 0.411. The molecule has 0 saturated carbocycles. The normalized spacial score (nSPS) is 15.7. The van der Waals surface area contributed by atoms with Gasteiger partial charge in [0, 0.05) is 5.56 Å². The molecule has 0 unspecified atom stereocenters. The van der Waals surface area contributed by atoms with Crippen molar-refractivity contribution in [2.75, 3.05) is 5.43 Å². The topological polar surface area (TPSA) is 37.3 Å². The minimum absolute atomic E-state index is 0.582. The monoisotopic (exact) mass is 309 g/mol. The number of pyridine rings is 1. The van der Waals surface area contributed by atoms with Crippen molar-refractivity contribution in [3.8, 4) is 0 Å². The Balaban J connectivity index is 1.97. The lowest BCUT2D eigenvalue weighted by Crippen LogP contribution is -2.14. The summed E-state index contributed by atoms with van der Waals surface area (Å²) in [5.74, 6) is -6.64. The van der Waals surface area contributed by atoms with Crippen LogP contribution in [0, 0.1) is 23.5 Å². The first kappa shape index (κ1) is 14.5. The number of fused-ring (bicyclic) bond motifs is 1. The first-order chi connectivity index (χ1) is 10.6. The third-order valence-electron chi connectivity index (χ3n) is 3.49. The molecule has 0 bridgehead atoms. The summed E-state index contributed by atoms with van der Waals surface area (Å²) in [7, 11) is 0. The van der Waals surface area contributed by atoms with Crippen LogP contribution in [0.2, 0.25) is 0 Å². The maximum absolute atomic E-state index is 13.5. The number of aromatic nitrogens is 1. The van der Waals surface area contributed by atoms with Crippen molar-refractivity contribution in [2.45, 2.75) is 19.3 Å². The zero-order valence-corrected chi connectivity index (χ0v) is 11.3. The highest BCUT2D eigenvalue weighted by Crippen LogP contribution is 2.24. The maximum atomic E-state index is 13.5. The molecule has 114 valence electrons. The van der Waals surface area contributed by atoms with Gasteiger partial charge in [0.1, 0.15) is 5.69 Å². The fourth-order valence-corrected chi connectivity index (χ4v) is 2.43. The Morgan fingerprint density at radius 2 is 1.64 bits per heavy atom. The third kappa shape index (κ3) is 2.54. The maximum Gasteiger partial charge on any atom is 0.254 e. The van der Waals surface area contributed by atoms with Crippen molar-refractivity contribution in [1.29, 1.82) is 0 Å². The summed E-state index contributed by atoms with van der Waals surface area (Å²) in [5.41, 5.74) is 3.62. The average molecular weight is 309 g/mol. The second-order valence-electron chi connectivity index (χ2n) is 4.88. The van der Waals surface area contributed by atoms with Gasteiger partial charge in [-0.15, -0.1) is 0 Å². The zero-order valence-electron chi connectivity index (χ0n) is 11.3. The highest BCUT2D eigenvalue weighted by Gasteiger charge is 2.21. The number of aryl methyl sites for hydroxylation is 1. The van der Waals surface area contributed by atoms with Crippen LogP contribution in [-0.2, 0) is 6.42 Å². The van der Waals surface area contributed by atoms with Gasteiger partial charge in [-0.05, 0) is 24.8 Å². The fourth-order valence-electron chi connectivity index (χ4n) is 2.43. The van der Waals surface area contributed by atoms with Gasteiger partial charge in [0.15, 0.2) is 0 Å². The summed E-state index contributed by atoms with van der Waals surface area (Å²) in [6, 6.07) is 7.50. The molecule has 0 amide bonds. The predicted octanol–water partition coefficient (Wildman–Crippen LogP) is 3.79. The van der Waals surface area contributed by atoms with E-state index in [9.17, 15) is 17.6 Å². The molecular weight excluding hydrogens is 298 g/mol. The van der Waals surface area contributed by atoms with Crippen LogP contribution in [0.25, 0.3) is 0 Å². The van der Waals surface area contributed by atoms with Gasteiger partial charge in [-0.2, -0.15) is 27.6 Å². The van der Waals surface area contributed by atoms with Gasteiger partial charge in [0.05, 0.1) is 5.71 Å². The molecule has 1 aromatic heterocycles. The highest BCUT2D eigenvalue weighted by atomic mass is 19.2. The molecule has 1 aromatic carbocycles. The van der Waals surface area contributed by atoms with Crippen molar-refractivity contribution >= 4 is 11.4 Å².